The highest BCUT2D eigenvalue weighted by Gasteiger charge is 2.38. The number of pyridine rings is 2. The minimum absolute atomic E-state index is 0.113. The molecule has 0 saturated carbocycles. The number of benzene rings is 1. The smallest absolute Gasteiger partial charge is 0.251 e. The van der Waals surface area contributed by atoms with Crippen LogP contribution >= 0.6 is 22.9 Å². The Hall–Kier alpha value is -3.26. The minimum atomic E-state index is -1.58. The second kappa shape index (κ2) is 7.95. The first kappa shape index (κ1) is 21.6. The van der Waals surface area contributed by atoms with Gasteiger partial charge in [-0.2, -0.15) is 0 Å². The molecule has 8 heteroatoms. The van der Waals surface area contributed by atoms with Crippen LogP contribution in [0, 0.1) is 6.92 Å². The summed E-state index contributed by atoms with van der Waals surface area (Å²) < 4.78 is 3.34. The summed E-state index contributed by atoms with van der Waals surface area (Å²) in [6.45, 7) is 2.03. The van der Waals surface area contributed by atoms with Gasteiger partial charge in [0, 0.05) is 41.0 Å². The molecular formula is C25H21ClN4O2S. The zero-order valence-corrected chi connectivity index (χ0v) is 19.9. The third-order valence-electron chi connectivity index (χ3n) is 5.95. The van der Waals surface area contributed by atoms with Crippen LogP contribution in [0.1, 0.15) is 22.5 Å². The minimum Gasteiger partial charge on any atom is -0.373 e. The summed E-state index contributed by atoms with van der Waals surface area (Å²) in [7, 11) is 3.55. The normalized spacial score (nSPS) is 13.4. The molecule has 6 nitrogen and oxygen atoms in total. The van der Waals surface area contributed by atoms with Crippen molar-refractivity contribution in [3.8, 4) is 10.4 Å². The maximum atomic E-state index is 12.7. The van der Waals surface area contributed by atoms with Crippen LogP contribution in [0.5, 0.6) is 0 Å². The number of aliphatic hydroxyl groups is 1. The standard InChI is InChI=1S/C25H21ClN4O2S/c1-15-8-21(33-13-15)19-10-24(31)30(3)20-11-28-22(9-18(19)20)25(32,23-12-27-14-29(23)2)16-4-6-17(26)7-5-16/h4-14,32H,1-3H3/t25-/m1/s1. The van der Waals surface area contributed by atoms with Gasteiger partial charge in [0.2, 0.25) is 0 Å². The fraction of sp³-hybridized carbons (Fsp3) is 0.160. The SMILES string of the molecule is Cc1csc(-c2cc(=O)n(C)c3cnc([C@](O)(c4ccc(Cl)cc4)c4cncn4C)cc23)c1. The summed E-state index contributed by atoms with van der Waals surface area (Å²) in [6, 6.07) is 12.6. The van der Waals surface area contributed by atoms with Gasteiger partial charge in [-0.25, -0.2) is 4.98 Å². The van der Waals surface area contributed by atoms with Crippen LogP contribution < -0.4 is 5.56 Å². The van der Waals surface area contributed by atoms with Crippen LogP contribution in [0.25, 0.3) is 21.3 Å². The number of fused-ring (bicyclic) bond motifs is 1. The summed E-state index contributed by atoms with van der Waals surface area (Å²) >= 11 is 7.70. The Morgan fingerprint density at radius 3 is 2.48 bits per heavy atom. The second-order valence-electron chi connectivity index (χ2n) is 8.14. The van der Waals surface area contributed by atoms with E-state index in [1.165, 1.54) is 0 Å². The van der Waals surface area contributed by atoms with E-state index >= 15 is 0 Å². The Balaban J connectivity index is 1.83. The van der Waals surface area contributed by atoms with E-state index in [0.29, 0.717) is 27.5 Å². The summed E-state index contributed by atoms with van der Waals surface area (Å²) in [4.78, 5) is 22.5. The van der Waals surface area contributed by atoms with Crippen molar-refractivity contribution in [3.63, 3.8) is 0 Å². The first-order chi connectivity index (χ1) is 15.8. The molecule has 0 aliphatic heterocycles. The summed E-state index contributed by atoms with van der Waals surface area (Å²) in [5.41, 5.74) is 2.55. The Morgan fingerprint density at radius 1 is 1.09 bits per heavy atom. The maximum absolute atomic E-state index is 12.7. The van der Waals surface area contributed by atoms with Gasteiger partial charge < -0.3 is 14.2 Å². The van der Waals surface area contributed by atoms with E-state index in [-0.39, 0.29) is 5.56 Å². The van der Waals surface area contributed by atoms with Crippen LogP contribution in [0.15, 0.2) is 71.4 Å². The van der Waals surface area contributed by atoms with Crippen LogP contribution in [0.3, 0.4) is 0 Å². The molecule has 1 atom stereocenters. The van der Waals surface area contributed by atoms with Crippen molar-refractivity contribution in [1.29, 1.82) is 0 Å². The van der Waals surface area contributed by atoms with Gasteiger partial charge in [-0.15, -0.1) is 11.3 Å². The molecule has 0 unspecified atom stereocenters. The number of aromatic nitrogens is 4. The van der Waals surface area contributed by atoms with Gasteiger partial charge in [0.15, 0.2) is 5.60 Å². The molecule has 5 aromatic rings. The molecule has 4 heterocycles. The van der Waals surface area contributed by atoms with Gasteiger partial charge in [-0.05, 0) is 47.7 Å². The van der Waals surface area contributed by atoms with E-state index in [1.54, 1.807) is 76.6 Å². The predicted molar refractivity (Wildman–Crippen MR) is 132 cm³/mol. The quantitative estimate of drug-likeness (QED) is 0.410. The topological polar surface area (TPSA) is 72.9 Å². The molecule has 0 fully saturated rings. The lowest BCUT2D eigenvalue weighted by molar-refractivity contribution is 0.113. The predicted octanol–water partition coefficient (Wildman–Crippen LogP) is 4.64. The number of imidazole rings is 1. The highest BCUT2D eigenvalue weighted by atomic mass is 35.5. The molecule has 5 rings (SSSR count). The molecule has 0 amide bonds. The van der Waals surface area contributed by atoms with E-state index < -0.39 is 5.60 Å². The number of aryl methyl sites for hydroxylation is 3. The van der Waals surface area contributed by atoms with Crippen molar-refractivity contribution in [1.82, 2.24) is 19.1 Å². The van der Waals surface area contributed by atoms with Crippen LogP contribution in [-0.4, -0.2) is 24.2 Å². The number of hydrogen-bond acceptors (Lipinski definition) is 5. The number of rotatable bonds is 4. The number of nitrogens with zero attached hydrogens (tertiary/aromatic N) is 4. The van der Waals surface area contributed by atoms with Crippen molar-refractivity contribution in [2.24, 2.45) is 14.1 Å². The zero-order chi connectivity index (χ0) is 23.3. The largest absolute Gasteiger partial charge is 0.373 e. The van der Waals surface area contributed by atoms with E-state index in [0.717, 1.165) is 21.4 Å². The molecule has 0 spiro atoms. The first-order valence-corrected chi connectivity index (χ1v) is 11.6. The molecule has 0 aliphatic rings. The van der Waals surface area contributed by atoms with Gasteiger partial charge in [-0.3, -0.25) is 9.78 Å². The summed E-state index contributed by atoms with van der Waals surface area (Å²) in [6.07, 6.45) is 4.92. The monoisotopic (exact) mass is 476 g/mol. The highest BCUT2D eigenvalue weighted by molar-refractivity contribution is 7.13. The van der Waals surface area contributed by atoms with Crippen LogP contribution in [-0.2, 0) is 19.7 Å². The number of thiophene rings is 1. The Labute approximate surface area is 199 Å². The lowest BCUT2D eigenvalue weighted by atomic mass is 9.86. The highest BCUT2D eigenvalue weighted by Crippen LogP contribution is 2.39. The zero-order valence-electron chi connectivity index (χ0n) is 18.3. The molecule has 1 N–H and O–H groups in total. The molecule has 33 heavy (non-hydrogen) atoms. The van der Waals surface area contributed by atoms with E-state index in [9.17, 15) is 9.90 Å². The first-order valence-electron chi connectivity index (χ1n) is 10.3. The second-order valence-corrected chi connectivity index (χ2v) is 9.49. The fourth-order valence-corrected chi connectivity index (χ4v) is 5.20. The molecule has 166 valence electrons. The number of halogens is 1. The molecule has 4 aromatic heterocycles. The lowest BCUT2D eigenvalue weighted by Gasteiger charge is -2.29. The third kappa shape index (κ3) is 3.49. The van der Waals surface area contributed by atoms with E-state index in [4.69, 9.17) is 11.6 Å². The van der Waals surface area contributed by atoms with Crippen molar-refractivity contribution in [2.45, 2.75) is 12.5 Å². The fourth-order valence-electron chi connectivity index (χ4n) is 4.15. The molecular weight excluding hydrogens is 456 g/mol. The van der Waals surface area contributed by atoms with Gasteiger partial charge in [0.25, 0.3) is 5.56 Å². The average molecular weight is 477 g/mol. The van der Waals surface area contributed by atoms with Gasteiger partial charge >= 0.3 is 0 Å². The molecule has 1 aromatic carbocycles. The summed E-state index contributed by atoms with van der Waals surface area (Å²) in [5.74, 6) is 0. The van der Waals surface area contributed by atoms with E-state index in [1.807, 2.05) is 20.0 Å². The van der Waals surface area contributed by atoms with Gasteiger partial charge in [0.1, 0.15) is 0 Å². The molecule has 0 saturated heterocycles. The molecule has 0 radical (unpaired) electrons. The average Bonchev–Trinajstić information content (AvgIpc) is 3.44. The van der Waals surface area contributed by atoms with Crippen molar-refractivity contribution >= 4 is 33.8 Å². The van der Waals surface area contributed by atoms with Crippen molar-refractivity contribution < 1.29 is 5.11 Å². The Bertz CT molecular complexity index is 1550. The Kier molecular flexibility index (Phi) is 5.20. The van der Waals surface area contributed by atoms with Gasteiger partial charge in [0.05, 0.1) is 35.6 Å². The maximum Gasteiger partial charge on any atom is 0.251 e. The van der Waals surface area contributed by atoms with Crippen LogP contribution in [0.4, 0.5) is 0 Å². The summed E-state index contributed by atoms with van der Waals surface area (Å²) in [5, 5.41) is 15.7. The lowest BCUT2D eigenvalue weighted by Crippen LogP contribution is -2.32. The van der Waals surface area contributed by atoms with Crippen molar-refractivity contribution in [2.75, 3.05) is 0 Å². The Morgan fingerprint density at radius 2 is 1.85 bits per heavy atom. The number of hydrogen-bond donors (Lipinski definition) is 1. The van der Waals surface area contributed by atoms with E-state index in [2.05, 4.69) is 21.4 Å². The van der Waals surface area contributed by atoms with Crippen LogP contribution in [0.2, 0.25) is 5.02 Å². The van der Waals surface area contributed by atoms with Gasteiger partial charge in [-0.1, -0.05) is 23.7 Å². The third-order valence-corrected chi connectivity index (χ3v) is 7.28. The van der Waals surface area contributed by atoms with Crippen molar-refractivity contribution in [3.05, 3.63) is 104 Å². The molecule has 0 aliphatic carbocycles. The molecule has 0 bridgehead atoms.